The van der Waals surface area contributed by atoms with Crippen molar-refractivity contribution >= 4 is 6.29 Å². The summed E-state index contributed by atoms with van der Waals surface area (Å²) in [6.45, 7) is 3.62. The average Bonchev–Trinajstić information content (AvgIpc) is 2.11. The number of unbranched alkanes of at least 4 members (excludes halogenated alkanes) is 1. The number of hydrogen-bond donors (Lipinski definition) is 0. The van der Waals surface area contributed by atoms with Crippen molar-refractivity contribution in [2.45, 2.75) is 51.5 Å². The zero-order valence-corrected chi connectivity index (χ0v) is 8.28. The van der Waals surface area contributed by atoms with E-state index in [0.717, 1.165) is 19.1 Å². The molecule has 0 aliphatic heterocycles. The highest BCUT2D eigenvalue weighted by Crippen LogP contribution is 2.22. The molecule has 0 saturated carbocycles. The Bertz CT molecular complexity index is 182. The zero-order valence-electron chi connectivity index (χ0n) is 8.28. The van der Waals surface area contributed by atoms with Gasteiger partial charge in [-0.05, 0) is 6.42 Å². The Morgan fingerprint density at radius 2 is 2.08 bits per heavy atom. The predicted molar refractivity (Wildman–Crippen MR) is 50.2 cm³/mol. The van der Waals surface area contributed by atoms with Crippen LogP contribution in [0, 0.1) is 10.1 Å². The van der Waals surface area contributed by atoms with Crippen molar-refractivity contribution in [3.8, 4) is 0 Å². The van der Waals surface area contributed by atoms with E-state index in [1.54, 1.807) is 6.92 Å². The summed E-state index contributed by atoms with van der Waals surface area (Å²) in [6.07, 6.45) is 3.73. The summed E-state index contributed by atoms with van der Waals surface area (Å²) >= 11 is 0. The number of carbonyl (C=O) groups excluding carboxylic acids is 1. The SMILES string of the molecule is CCCCC(C)(CCC=O)[N+](=O)[O-]. The molecule has 0 radical (unpaired) electrons. The largest absolute Gasteiger partial charge is 0.303 e. The van der Waals surface area contributed by atoms with Gasteiger partial charge in [0.1, 0.15) is 6.29 Å². The fraction of sp³-hybridized carbons (Fsp3) is 0.889. The molecule has 0 spiro atoms. The molecule has 0 amide bonds. The van der Waals surface area contributed by atoms with Gasteiger partial charge < -0.3 is 4.79 Å². The first-order valence-electron chi connectivity index (χ1n) is 4.65. The van der Waals surface area contributed by atoms with Gasteiger partial charge in [0, 0.05) is 31.1 Å². The Kier molecular flexibility index (Phi) is 5.26. The van der Waals surface area contributed by atoms with Crippen LogP contribution in [-0.4, -0.2) is 16.7 Å². The monoisotopic (exact) mass is 187 g/mol. The molecule has 0 saturated heterocycles. The smallest absolute Gasteiger partial charge is 0.220 e. The maximum absolute atomic E-state index is 10.7. The molecule has 0 rings (SSSR count). The molecule has 4 nitrogen and oxygen atoms in total. The zero-order chi connectivity index (χ0) is 10.3. The molecular formula is C9H17NO3. The molecule has 0 aromatic rings. The number of aldehydes is 1. The first-order valence-corrected chi connectivity index (χ1v) is 4.65. The summed E-state index contributed by atoms with van der Waals surface area (Å²) in [4.78, 5) is 20.6. The fourth-order valence-electron chi connectivity index (χ4n) is 1.24. The Labute approximate surface area is 78.5 Å². The Balaban J connectivity index is 4.15. The highest BCUT2D eigenvalue weighted by Gasteiger charge is 2.35. The highest BCUT2D eigenvalue weighted by molar-refractivity contribution is 5.49. The van der Waals surface area contributed by atoms with E-state index in [0.29, 0.717) is 12.8 Å². The average molecular weight is 187 g/mol. The number of carbonyl (C=O) groups is 1. The lowest BCUT2D eigenvalue weighted by Crippen LogP contribution is -2.34. The Hall–Kier alpha value is -0.930. The molecule has 0 heterocycles. The fourth-order valence-corrected chi connectivity index (χ4v) is 1.24. The molecular weight excluding hydrogens is 170 g/mol. The molecule has 0 fully saturated rings. The first-order chi connectivity index (χ1) is 6.06. The lowest BCUT2D eigenvalue weighted by Gasteiger charge is -2.19. The van der Waals surface area contributed by atoms with Crippen molar-refractivity contribution in [3.05, 3.63) is 10.1 Å². The van der Waals surface area contributed by atoms with E-state index in [9.17, 15) is 14.9 Å². The minimum absolute atomic E-state index is 0.258. The van der Waals surface area contributed by atoms with Crippen LogP contribution in [0.25, 0.3) is 0 Å². The lowest BCUT2D eigenvalue weighted by atomic mass is 9.91. The van der Waals surface area contributed by atoms with Gasteiger partial charge in [0.25, 0.3) is 0 Å². The summed E-state index contributed by atoms with van der Waals surface area (Å²) in [7, 11) is 0. The van der Waals surface area contributed by atoms with Crippen LogP contribution < -0.4 is 0 Å². The molecule has 1 unspecified atom stereocenters. The van der Waals surface area contributed by atoms with Crippen molar-refractivity contribution in [2.75, 3.05) is 0 Å². The molecule has 0 aliphatic rings. The van der Waals surface area contributed by atoms with E-state index >= 15 is 0 Å². The first kappa shape index (κ1) is 12.1. The van der Waals surface area contributed by atoms with E-state index in [4.69, 9.17) is 0 Å². The summed E-state index contributed by atoms with van der Waals surface area (Å²) in [5.41, 5.74) is -0.906. The van der Waals surface area contributed by atoms with Crippen LogP contribution in [-0.2, 0) is 4.79 Å². The molecule has 0 aromatic heterocycles. The number of hydrogen-bond acceptors (Lipinski definition) is 3. The third-order valence-corrected chi connectivity index (χ3v) is 2.31. The van der Waals surface area contributed by atoms with Gasteiger partial charge in [-0.15, -0.1) is 0 Å². The van der Waals surface area contributed by atoms with Crippen LogP contribution >= 0.6 is 0 Å². The van der Waals surface area contributed by atoms with Crippen LogP contribution in [0.2, 0.25) is 0 Å². The number of nitrogens with zero attached hydrogens (tertiary/aromatic N) is 1. The predicted octanol–water partition coefficient (Wildman–Crippen LogP) is 2.19. The summed E-state index contributed by atoms with van der Waals surface area (Å²) in [6, 6.07) is 0. The van der Waals surface area contributed by atoms with Gasteiger partial charge in [-0.25, -0.2) is 0 Å². The van der Waals surface area contributed by atoms with Crippen LogP contribution in [0.1, 0.15) is 46.0 Å². The minimum Gasteiger partial charge on any atom is -0.303 e. The molecule has 0 N–H and O–H groups in total. The molecule has 0 bridgehead atoms. The van der Waals surface area contributed by atoms with Gasteiger partial charge in [0.15, 0.2) is 0 Å². The quantitative estimate of drug-likeness (QED) is 0.348. The second-order valence-electron chi connectivity index (χ2n) is 3.56. The molecule has 76 valence electrons. The van der Waals surface area contributed by atoms with E-state index < -0.39 is 5.54 Å². The summed E-state index contributed by atoms with van der Waals surface area (Å²) in [5.74, 6) is 0. The van der Waals surface area contributed by atoms with E-state index in [1.807, 2.05) is 6.92 Å². The van der Waals surface area contributed by atoms with Gasteiger partial charge in [0.05, 0.1) is 0 Å². The highest BCUT2D eigenvalue weighted by atomic mass is 16.6. The van der Waals surface area contributed by atoms with E-state index in [1.165, 1.54) is 0 Å². The summed E-state index contributed by atoms with van der Waals surface area (Å²) in [5, 5.41) is 10.7. The van der Waals surface area contributed by atoms with Crippen molar-refractivity contribution in [1.29, 1.82) is 0 Å². The maximum Gasteiger partial charge on any atom is 0.220 e. The lowest BCUT2D eigenvalue weighted by molar-refractivity contribution is -0.567. The second-order valence-corrected chi connectivity index (χ2v) is 3.56. The van der Waals surface area contributed by atoms with Gasteiger partial charge >= 0.3 is 0 Å². The third kappa shape index (κ3) is 4.01. The maximum atomic E-state index is 10.7. The van der Waals surface area contributed by atoms with Crippen molar-refractivity contribution in [1.82, 2.24) is 0 Å². The standard InChI is InChI=1S/C9H17NO3/c1-3-4-6-9(2,10(12)13)7-5-8-11/h8H,3-7H2,1-2H3. The molecule has 4 heteroatoms. The number of rotatable bonds is 7. The molecule has 0 aromatic carbocycles. The van der Waals surface area contributed by atoms with Gasteiger partial charge in [-0.1, -0.05) is 13.3 Å². The van der Waals surface area contributed by atoms with Crippen LogP contribution in [0.15, 0.2) is 0 Å². The van der Waals surface area contributed by atoms with Crippen molar-refractivity contribution in [2.24, 2.45) is 0 Å². The minimum atomic E-state index is -0.906. The normalized spacial score (nSPS) is 14.9. The Morgan fingerprint density at radius 3 is 2.46 bits per heavy atom. The van der Waals surface area contributed by atoms with Crippen molar-refractivity contribution in [3.63, 3.8) is 0 Å². The third-order valence-electron chi connectivity index (χ3n) is 2.31. The van der Waals surface area contributed by atoms with E-state index in [-0.39, 0.29) is 11.3 Å². The van der Waals surface area contributed by atoms with Gasteiger partial charge in [-0.2, -0.15) is 0 Å². The molecule has 0 aliphatic carbocycles. The van der Waals surface area contributed by atoms with E-state index in [2.05, 4.69) is 0 Å². The number of nitro groups is 1. The van der Waals surface area contributed by atoms with Gasteiger partial charge in [-0.3, -0.25) is 10.1 Å². The topological polar surface area (TPSA) is 60.2 Å². The van der Waals surface area contributed by atoms with Gasteiger partial charge in [0.2, 0.25) is 5.54 Å². The molecule has 13 heavy (non-hydrogen) atoms. The van der Waals surface area contributed by atoms with Crippen LogP contribution in [0.3, 0.4) is 0 Å². The summed E-state index contributed by atoms with van der Waals surface area (Å²) < 4.78 is 0. The Morgan fingerprint density at radius 1 is 1.46 bits per heavy atom. The molecule has 1 atom stereocenters. The van der Waals surface area contributed by atoms with Crippen molar-refractivity contribution < 1.29 is 9.72 Å². The second kappa shape index (κ2) is 5.67. The van der Waals surface area contributed by atoms with Crippen LogP contribution in [0.5, 0.6) is 0 Å². The van der Waals surface area contributed by atoms with Crippen LogP contribution in [0.4, 0.5) is 0 Å².